The third kappa shape index (κ3) is 9.99. The van der Waals surface area contributed by atoms with Crippen LogP contribution in [0.4, 0.5) is 0 Å². The molecule has 1 rings (SSSR count). The maximum Gasteiger partial charge on any atom is 0.325 e. The number of likely N-dealkylation sites (tertiary alicyclic amines) is 1. The van der Waals surface area contributed by atoms with Crippen molar-refractivity contribution in [2.75, 3.05) is 38.8 Å². The van der Waals surface area contributed by atoms with E-state index in [0.29, 0.717) is 12.2 Å². The van der Waals surface area contributed by atoms with E-state index in [4.69, 9.17) is 0 Å². The van der Waals surface area contributed by atoms with Gasteiger partial charge in [-0.15, -0.1) is 0 Å². The molecular weight excluding hydrogens is 450 g/mol. The number of esters is 1. The van der Waals surface area contributed by atoms with Crippen LogP contribution in [0.2, 0.25) is 0 Å². The summed E-state index contributed by atoms with van der Waals surface area (Å²) in [5.74, 6) is -1.71. The summed E-state index contributed by atoms with van der Waals surface area (Å²) in [6.45, 7) is 5.77. The second kappa shape index (κ2) is 14.7. The van der Waals surface area contributed by atoms with Crippen LogP contribution in [0.3, 0.4) is 0 Å². The van der Waals surface area contributed by atoms with Crippen molar-refractivity contribution in [3.05, 3.63) is 0 Å². The third-order valence-corrected chi connectivity index (χ3v) is 5.98. The SMILES string of the molecule is COC(=O)CNC(=O)CNC(=O)[C@H](C)NC(=O)[C@H](CCSC)NC(=O)[C@@H]1CCCN1C(C)C.[HH].[HH].[HH].[HH]. The van der Waals surface area contributed by atoms with Gasteiger partial charge in [0.15, 0.2) is 0 Å². The fourth-order valence-electron chi connectivity index (χ4n) is 3.47. The number of nitrogens with zero attached hydrogens (tertiary/aromatic N) is 1. The van der Waals surface area contributed by atoms with Gasteiger partial charge < -0.3 is 26.0 Å². The zero-order valence-corrected chi connectivity index (χ0v) is 20.9. The van der Waals surface area contributed by atoms with Crippen LogP contribution in [0.5, 0.6) is 0 Å². The van der Waals surface area contributed by atoms with Crippen LogP contribution in [-0.4, -0.2) is 97.4 Å². The first-order valence-electron chi connectivity index (χ1n) is 11.1. The summed E-state index contributed by atoms with van der Waals surface area (Å²) in [6, 6.07) is -1.72. The van der Waals surface area contributed by atoms with Crippen LogP contribution in [0, 0.1) is 0 Å². The molecule has 3 atom stereocenters. The van der Waals surface area contributed by atoms with Gasteiger partial charge in [-0.3, -0.25) is 28.9 Å². The maximum absolute atomic E-state index is 12.9. The van der Waals surface area contributed by atoms with Gasteiger partial charge in [-0.2, -0.15) is 11.8 Å². The summed E-state index contributed by atoms with van der Waals surface area (Å²) in [5, 5.41) is 10.2. The Balaban J connectivity index is -0.00000136. The Morgan fingerprint density at radius 1 is 1.06 bits per heavy atom. The molecule has 0 unspecified atom stereocenters. The number of thioether (sulfide) groups is 1. The summed E-state index contributed by atoms with van der Waals surface area (Å²) in [6.07, 6.45) is 4.02. The van der Waals surface area contributed by atoms with Crippen LogP contribution in [-0.2, 0) is 28.7 Å². The Morgan fingerprint density at radius 2 is 1.76 bits per heavy atom. The van der Waals surface area contributed by atoms with Crippen molar-refractivity contribution in [2.45, 2.75) is 64.2 Å². The summed E-state index contributed by atoms with van der Waals surface area (Å²) >= 11 is 1.56. The van der Waals surface area contributed by atoms with E-state index in [-0.39, 0.29) is 36.8 Å². The highest BCUT2D eigenvalue weighted by Crippen LogP contribution is 2.20. The van der Waals surface area contributed by atoms with E-state index in [1.165, 1.54) is 14.0 Å². The molecule has 33 heavy (non-hydrogen) atoms. The van der Waals surface area contributed by atoms with E-state index >= 15 is 0 Å². The lowest BCUT2D eigenvalue weighted by Crippen LogP contribution is -2.56. The maximum atomic E-state index is 12.9. The van der Waals surface area contributed by atoms with Crippen molar-refractivity contribution in [2.24, 2.45) is 0 Å². The number of carbonyl (C=O) groups excluding carboxylic acids is 5. The van der Waals surface area contributed by atoms with E-state index in [2.05, 4.69) is 30.9 Å². The lowest BCUT2D eigenvalue weighted by atomic mass is 10.1. The quantitative estimate of drug-likeness (QED) is 0.261. The van der Waals surface area contributed by atoms with Crippen LogP contribution < -0.4 is 21.3 Å². The molecule has 196 valence electrons. The largest absolute Gasteiger partial charge is 0.468 e. The molecule has 0 aromatic heterocycles. The molecule has 4 N–H and O–H groups in total. The number of carbonyl (C=O) groups is 5. The molecular formula is C21H45N5O6S. The van der Waals surface area contributed by atoms with Gasteiger partial charge in [-0.1, -0.05) is 0 Å². The number of rotatable bonds is 13. The first kappa shape index (κ1) is 28.7. The second-order valence-electron chi connectivity index (χ2n) is 8.13. The summed E-state index contributed by atoms with van der Waals surface area (Å²) in [7, 11) is 1.20. The van der Waals surface area contributed by atoms with Crippen molar-refractivity contribution >= 4 is 41.4 Å². The lowest BCUT2D eigenvalue weighted by molar-refractivity contribution is -0.141. The number of nitrogens with one attached hydrogen (secondary N) is 4. The molecule has 0 bridgehead atoms. The van der Waals surface area contributed by atoms with E-state index in [1.54, 1.807) is 11.8 Å². The Bertz CT molecular complexity index is 723. The van der Waals surface area contributed by atoms with Crippen molar-refractivity contribution in [3.8, 4) is 0 Å². The minimum absolute atomic E-state index is 0. The molecule has 0 saturated carbocycles. The van der Waals surface area contributed by atoms with Gasteiger partial charge in [0.2, 0.25) is 23.6 Å². The molecule has 12 heteroatoms. The van der Waals surface area contributed by atoms with Crippen molar-refractivity contribution in [1.82, 2.24) is 26.2 Å². The Kier molecular flexibility index (Phi) is 12.8. The Morgan fingerprint density at radius 3 is 2.36 bits per heavy atom. The molecule has 11 nitrogen and oxygen atoms in total. The average molecular weight is 496 g/mol. The van der Waals surface area contributed by atoms with Gasteiger partial charge in [0.05, 0.1) is 19.7 Å². The number of hydrogen-bond donors (Lipinski definition) is 4. The molecule has 0 radical (unpaired) electrons. The van der Waals surface area contributed by atoms with Crippen LogP contribution in [0.15, 0.2) is 0 Å². The molecule has 1 aliphatic heterocycles. The fourth-order valence-corrected chi connectivity index (χ4v) is 3.94. The summed E-state index contributed by atoms with van der Waals surface area (Å²) in [4.78, 5) is 62.8. The highest BCUT2D eigenvalue weighted by molar-refractivity contribution is 7.98. The van der Waals surface area contributed by atoms with Gasteiger partial charge in [0, 0.05) is 11.7 Å². The van der Waals surface area contributed by atoms with Crippen molar-refractivity contribution in [3.63, 3.8) is 0 Å². The minimum Gasteiger partial charge on any atom is -0.468 e. The summed E-state index contributed by atoms with van der Waals surface area (Å²) < 4.78 is 4.41. The van der Waals surface area contributed by atoms with Crippen LogP contribution in [0.25, 0.3) is 0 Å². The molecule has 4 amide bonds. The van der Waals surface area contributed by atoms with Gasteiger partial charge in [0.25, 0.3) is 0 Å². The Labute approximate surface area is 205 Å². The van der Waals surface area contributed by atoms with E-state index in [9.17, 15) is 24.0 Å². The molecule has 1 saturated heterocycles. The van der Waals surface area contributed by atoms with Gasteiger partial charge >= 0.3 is 5.97 Å². The topological polar surface area (TPSA) is 146 Å². The molecule has 1 fully saturated rings. The highest BCUT2D eigenvalue weighted by atomic mass is 32.2. The number of methoxy groups -OCH3 is 1. The molecule has 0 aliphatic carbocycles. The fraction of sp³-hybridized carbons (Fsp3) is 0.762. The van der Waals surface area contributed by atoms with Gasteiger partial charge in [0.1, 0.15) is 18.6 Å². The minimum atomic E-state index is -0.918. The third-order valence-electron chi connectivity index (χ3n) is 5.34. The van der Waals surface area contributed by atoms with Gasteiger partial charge in [-0.25, -0.2) is 0 Å². The van der Waals surface area contributed by atoms with E-state index in [1.807, 2.05) is 20.1 Å². The molecule has 1 heterocycles. The first-order chi connectivity index (χ1) is 15.6. The van der Waals surface area contributed by atoms with Crippen molar-refractivity contribution < 1.29 is 34.4 Å². The predicted molar refractivity (Wildman–Crippen MR) is 134 cm³/mol. The van der Waals surface area contributed by atoms with E-state index in [0.717, 1.165) is 19.4 Å². The predicted octanol–water partition coefficient (Wildman–Crippen LogP) is -0.00880. The van der Waals surface area contributed by atoms with Gasteiger partial charge in [-0.05, 0) is 58.6 Å². The smallest absolute Gasteiger partial charge is 0.325 e. The highest BCUT2D eigenvalue weighted by Gasteiger charge is 2.34. The molecule has 1 aliphatic rings. The number of ether oxygens (including phenoxy) is 1. The monoisotopic (exact) mass is 495 g/mol. The van der Waals surface area contributed by atoms with Crippen LogP contribution >= 0.6 is 11.8 Å². The van der Waals surface area contributed by atoms with E-state index < -0.39 is 35.8 Å². The molecule has 0 aromatic carbocycles. The zero-order valence-electron chi connectivity index (χ0n) is 20.1. The van der Waals surface area contributed by atoms with Crippen molar-refractivity contribution in [1.29, 1.82) is 0 Å². The lowest BCUT2D eigenvalue weighted by Gasteiger charge is -2.29. The first-order valence-corrected chi connectivity index (χ1v) is 12.5. The van der Waals surface area contributed by atoms with Crippen LogP contribution in [0.1, 0.15) is 45.7 Å². The summed E-state index contributed by atoms with van der Waals surface area (Å²) in [5.41, 5.74) is 0. The second-order valence-corrected chi connectivity index (χ2v) is 9.12. The average Bonchev–Trinajstić information content (AvgIpc) is 3.28. The normalized spacial score (nSPS) is 17.7. The zero-order chi connectivity index (χ0) is 25.0. The number of amides is 4. The Hall–Kier alpha value is -2.34. The molecule has 0 aromatic rings. The molecule has 0 spiro atoms. The number of hydrogen-bond acceptors (Lipinski definition) is 8. The standard InChI is InChI=1S/C21H37N5O6S.4H2/c1-13(2)26-9-6-7-16(26)21(31)25-15(8-10-33-5)20(30)24-14(3)19(29)23-11-17(27)22-12-18(28)32-4;;;;/h13-16H,6-12H2,1-5H3,(H,22,27)(H,23,29)(H,24,30)(H,25,31);4*1H/t14-,15-,16-;;;;/m0..../s1.